The molecule has 4 nitrogen and oxygen atoms in total. The lowest BCUT2D eigenvalue weighted by Gasteiger charge is -2.24. The molecule has 4 heteroatoms. The van der Waals surface area contributed by atoms with E-state index in [9.17, 15) is 9.90 Å². The molecule has 0 radical (unpaired) electrons. The zero-order valence-electron chi connectivity index (χ0n) is 8.86. The van der Waals surface area contributed by atoms with Crippen molar-refractivity contribution in [3.8, 4) is 0 Å². The Bertz CT molecular complexity index is 365. The number of benzene rings is 1. The van der Waals surface area contributed by atoms with Gasteiger partial charge in [0.15, 0.2) is 0 Å². The largest absolute Gasteiger partial charge is 0.481 e. The zero-order valence-corrected chi connectivity index (χ0v) is 8.86. The van der Waals surface area contributed by atoms with Crippen molar-refractivity contribution in [1.82, 2.24) is 0 Å². The molecular formula is C11H15NO3. The first-order valence-corrected chi connectivity index (χ1v) is 4.63. The summed E-state index contributed by atoms with van der Waals surface area (Å²) in [4.78, 5) is 15.7. The molecule has 3 N–H and O–H groups in total. The van der Waals surface area contributed by atoms with Gasteiger partial charge in [-0.25, -0.2) is 5.90 Å². The van der Waals surface area contributed by atoms with E-state index < -0.39 is 11.4 Å². The van der Waals surface area contributed by atoms with E-state index in [2.05, 4.69) is 4.84 Å². The van der Waals surface area contributed by atoms with Crippen LogP contribution in [0.4, 0.5) is 0 Å². The van der Waals surface area contributed by atoms with Crippen LogP contribution >= 0.6 is 0 Å². The molecular weight excluding hydrogens is 194 g/mol. The molecule has 0 aliphatic heterocycles. The van der Waals surface area contributed by atoms with Crippen molar-refractivity contribution < 1.29 is 14.7 Å². The lowest BCUT2D eigenvalue weighted by atomic mass is 9.83. The fourth-order valence-corrected chi connectivity index (χ4v) is 1.42. The monoisotopic (exact) mass is 209 g/mol. The van der Waals surface area contributed by atoms with E-state index in [4.69, 9.17) is 5.90 Å². The Labute approximate surface area is 88.6 Å². The van der Waals surface area contributed by atoms with Crippen molar-refractivity contribution in [2.75, 3.05) is 6.61 Å². The van der Waals surface area contributed by atoms with E-state index in [0.29, 0.717) is 5.56 Å². The highest BCUT2D eigenvalue weighted by molar-refractivity contribution is 5.81. The number of hydrogen-bond acceptors (Lipinski definition) is 3. The number of carboxylic acid groups (broad SMARTS) is 1. The molecule has 0 aliphatic carbocycles. The molecule has 15 heavy (non-hydrogen) atoms. The lowest BCUT2D eigenvalue weighted by molar-refractivity contribution is -0.145. The topological polar surface area (TPSA) is 72.5 Å². The third-order valence-corrected chi connectivity index (χ3v) is 2.50. The first-order valence-electron chi connectivity index (χ1n) is 4.63. The molecule has 0 heterocycles. The molecule has 1 rings (SSSR count). The summed E-state index contributed by atoms with van der Waals surface area (Å²) in [5.74, 6) is 4.02. The van der Waals surface area contributed by atoms with Gasteiger partial charge in [-0.1, -0.05) is 29.8 Å². The van der Waals surface area contributed by atoms with Gasteiger partial charge in [0.25, 0.3) is 0 Å². The van der Waals surface area contributed by atoms with Crippen LogP contribution in [-0.4, -0.2) is 17.7 Å². The Morgan fingerprint density at radius 2 is 2.27 bits per heavy atom. The molecule has 1 aromatic carbocycles. The minimum atomic E-state index is -1.10. The molecule has 0 bridgehead atoms. The highest BCUT2D eigenvalue weighted by Crippen LogP contribution is 2.25. The molecule has 0 amide bonds. The van der Waals surface area contributed by atoms with E-state index in [0.717, 1.165) is 5.56 Å². The zero-order chi connectivity index (χ0) is 11.5. The minimum absolute atomic E-state index is 0.0498. The van der Waals surface area contributed by atoms with Gasteiger partial charge in [0.05, 0.1) is 6.61 Å². The first-order chi connectivity index (χ1) is 7.00. The summed E-state index contributed by atoms with van der Waals surface area (Å²) >= 11 is 0. The highest BCUT2D eigenvalue weighted by Gasteiger charge is 2.35. The number of hydrogen-bond donors (Lipinski definition) is 2. The second-order valence-electron chi connectivity index (χ2n) is 3.82. The molecule has 0 saturated heterocycles. The normalized spacial score (nSPS) is 14.6. The van der Waals surface area contributed by atoms with Crippen LogP contribution in [0.1, 0.15) is 18.1 Å². The van der Waals surface area contributed by atoms with Gasteiger partial charge in [0, 0.05) is 0 Å². The average molecular weight is 209 g/mol. The van der Waals surface area contributed by atoms with Gasteiger partial charge in [-0.2, -0.15) is 0 Å². The van der Waals surface area contributed by atoms with Crippen LogP contribution in [0.5, 0.6) is 0 Å². The smallest absolute Gasteiger partial charge is 0.316 e. The fraction of sp³-hybridized carbons (Fsp3) is 0.364. The summed E-state index contributed by atoms with van der Waals surface area (Å²) in [6.45, 7) is 3.46. The van der Waals surface area contributed by atoms with Crippen LogP contribution in [0, 0.1) is 6.92 Å². The van der Waals surface area contributed by atoms with Gasteiger partial charge in [-0.05, 0) is 19.4 Å². The highest BCUT2D eigenvalue weighted by atomic mass is 16.6. The van der Waals surface area contributed by atoms with Crippen LogP contribution in [-0.2, 0) is 15.0 Å². The minimum Gasteiger partial charge on any atom is -0.481 e. The maximum Gasteiger partial charge on any atom is 0.316 e. The molecule has 82 valence electrons. The van der Waals surface area contributed by atoms with Crippen LogP contribution in [0.3, 0.4) is 0 Å². The molecule has 0 saturated carbocycles. The number of carboxylic acids is 1. The third kappa shape index (κ3) is 2.34. The second kappa shape index (κ2) is 4.42. The molecule has 0 fully saturated rings. The molecule has 0 aromatic heterocycles. The summed E-state index contributed by atoms with van der Waals surface area (Å²) in [7, 11) is 0. The number of rotatable bonds is 4. The second-order valence-corrected chi connectivity index (χ2v) is 3.82. The van der Waals surface area contributed by atoms with Crippen LogP contribution in [0.15, 0.2) is 24.3 Å². The van der Waals surface area contributed by atoms with Gasteiger partial charge in [-0.15, -0.1) is 0 Å². The Morgan fingerprint density at radius 1 is 1.60 bits per heavy atom. The Hall–Kier alpha value is -1.39. The molecule has 1 unspecified atom stereocenters. The quantitative estimate of drug-likeness (QED) is 0.731. The van der Waals surface area contributed by atoms with Crippen molar-refractivity contribution in [2.45, 2.75) is 19.3 Å². The average Bonchev–Trinajstić information content (AvgIpc) is 2.17. The number of nitrogens with two attached hydrogens (primary N) is 1. The predicted octanol–water partition coefficient (Wildman–Crippen LogP) is 1.23. The van der Waals surface area contributed by atoms with Crippen molar-refractivity contribution in [2.24, 2.45) is 5.90 Å². The molecule has 1 aromatic rings. The third-order valence-electron chi connectivity index (χ3n) is 2.50. The lowest BCUT2D eigenvalue weighted by Crippen LogP contribution is -2.38. The van der Waals surface area contributed by atoms with Crippen molar-refractivity contribution in [1.29, 1.82) is 0 Å². The van der Waals surface area contributed by atoms with E-state index in [1.807, 2.05) is 25.1 Å². The van der Waals surface area contributed by atoms with Crippen LogP contribution in [0.25, 0.3) is 0 Å². The maximum atomic E-state index is 11.2. The van der Waals surface area contributed by atoms with Crippen molar-refractivity contribution >= 4 is 5.97 Å². The number of aryl methyl sites for hydroxylation is 1. The predicted molar refractivity (Wildman–Crippen MR) is 56.3 cm³/mol. The summed E-state index contributed by atoms with van der Waals surface area (Å²) in [5.41, 5.74) is 0.610. The summed E-state index contributed by atoms with van der Waals surface area (Å²) < 4.78 is 0. The molecule has 1 atom stereocenters. The van der Waals surface area contributed by atoms with E-state index in [1.165, 1.54) is 0 Å². The Balaban J connectivity index is 3.15. The van der Waals surface area contributed by atoms with Crippen LogP contribution < -0.4 is 5.90 Å². The van der Waals surface area contributed by atoms with E-state index in [1.54, 1.807) is 13.0 Å². The van der Waals surface area contributed by atoms with Gasteiger partial charge < -0.3 is 9.94 Å². The van der Waals surface area contributed by atoms with Gasteiger partial charge in [0.1, 0.15) is 5.41 Å². The maximum absolute atomic E-state index is 11.2. The van der Waals surface area contributed by atoms with Gasteiger partial charge >= 0.3 is 5.97 Å². The van der Waals surface area contributed by atoms with Crippen LogP contribution in [0.2, 0.25) is 0 Å². The number of aliphatic carboxylic acids is 1. The van der Waals surface area contributed by atoms with E-state index in [-0.39, 0.29) is 6.61 Å². The fourth-order valence-electron chi connectivity index (χ4n) is 1.42. The summed E-state index contributed by atoms with van der Waals surface area (Å²) in [6, 6.07) is 7.32. The summed E-state index contributed by atoms with van der Waals surface area (Å²) in [6.07, 6.45) is 0. The van der Waals surface area contributed by atoms with Gasteiger partial charge in [0.2, 0.25) is 0 Å². The van der Waals surface area contributed by atoms with Crippen molar-refractivity contribution in [3.63, 3.8) is 0 Å². The summed E-state index contributed by atoms with van der Waals surface area (Å²) in [5, 5.41) is 9.17. The Morgan fingerprint density at radius 3 is 2.73 bits per heavy atom. The Kier molecular flexibility index (Phi) is 3.44. The molecule has 0 aliphatic rings. The van der Waals surface area contributed by atoms with Crippen molar-refractivity contribution in [3.05, 3.63) is 35.4 Å². The van der Waals surface area contributed by atoms with Gasteiger partial charge in [-0.3, -0.25) is 4.79 Å². The van der Waals surface area contributed by atoms with E-state index >= 15 is 0 Å². The standard InChI is InChI=1S/C11H15NO3/c1-8-4-3-5-9(6-8)11(2,7-15-12)10(13)14/h3-6H,7,12H2,1-2H3,(H,13,14). The first kappa shape index (κ1) is 11.7. The SMILES string of the molecule is Cc1cccc(C(C)(CON)C(=O)O)c1. The molecule has 0 spiro atoms. The number of carbonyl (C=O) groups is 1.